The van der Waals surface area contributed by atoms with Gasteiger partial charge in [-0.05, 0) is 13.3 Å². The number of carbonyl (C=O) groups is 1. The van der Waals surface area contributed by atoms with Crippen LogP contribution in [0.3, 0.4) is 0 Å². The van der Waals surface area contributed by atoms with Gasteiger partial charge in [-0.2, -0.15) is 0 Å². The largest absolute Gasteiger partial charge is 0.338 e. The first-order valence-electron chi connectivity index (χ1n) is 5.18. The number of hydrogen-bond acceptors (Lipinski definition) is 2. The van der Waals surface area contributed by atoms with Crippen molar-refractivity contribution in [1.82, 2.24) is 19.8 Å². The molecule has 1 aromatic heterocycles. The molecule has 1 N–H and O–H groups in total. The van der Waals surface area contributed by atoms with Gasteiger partial charge in [0.2, 0.25) is 0 Å². The molecular formula is C10H18N4O. The van der Waals surface area contributed by atoms with Crippen LogP contribution in [0.25, 0.3) is 0 Å². The lowest BCUT2D eigenvalue weighted by atomic mass is 10.4. The molecule has 0 atom stereocenters. The van der Waals surface area contributed by atoms with Crippen LogP contribution >= 0.6 is 0 Å². The Balaban J connectivity index is 2.09. The highest BCUT2D eigenvalue weighted by Gasteiger charge is 2.03. The van der Waals surface area contributed by atoms with Crippen LogP contribution in [0.2, 0.25) is 0 Å². The molecule has 0 saturated heterocycles. The van der Waals surface area contributed by atoms with E-state index in [1.54, 1.807) is 24.5 Å². The maximum Gasteiger partial charge on any atom is 0.317 e. The first-order valence-corrected chi connectivity index (χ1v) is 5.18. The van der Waals surface area contributed by atoms with Gasteiger partial charge >= 0.3 is 6.03 Å². The summed E-state index contributed by atoms with van der Waals surface area (Å²) in [6.45, 7) is 4.26. The van der Waals surface area contributed by atoms with Crippen LogP contribution < -0.4 is 5.32 Å². The number of aromatic nitrogens is 2. The van der Waals surface area contributed by atoms with Crippen molar-refractivity contribution in [3.8, 4) is 0 Å². The molecule has 0 radical (unpaired) electrons. The third-order valence-electron chi connectivity index (χ3n) is 2.25. The van der Waals surface area contributed by atoms with Gasteiger partial charge in [-0.25, -0.2) is 9.78 Å². The van der Waals surface area contributed by atoms with Gasteiger partial charge in [0.05, 0.1) is 6.33 Å². The zero-order valence-corrected chi connectivity index (χ0v) is 9.31. The third-order valence-corrected chi connectivity index (χ3v) is 2.25. The maximum atomic E-state index is 11.3. The summed E-state index contributed by atoms with van der Waals surface area (Å²) in [5.74, 6) is 0. The van der Waals surface area contributed by atoms with Crippen LogP contribution in [-0.4, -0.2) is 40.6 Å². The van der Waals surface area contributed by atoms with Crippen molar-refractivity contribution in [3.63, 3.8) is 0 Å². The quantitative estimate of drug-likeness (QED) is 0.735. The average Bonchev–Trinajstić information content (AvgIpc) is 2.75. The van der Waals surface area contributed by atoms with Crippen LogP contribution in [0, 0.1) is 0 Å². The second-order valence-corrected chi connectivity index (χ2v) is 3.40. The molecule has 0 fully saturated rings. The highest BCUT2D eigenvalue weighted by molar-refractivity contribution is 5.73. The number of rotatable bonds is 5. The van der Waals surface area contributed by atoms with Gasteiger partial charge in [-0.3, -0.25) is 0 Å². The minimum Gasteiger partial charge on any atom is -0.338 e. The number of nitrogens with one attached hydrogen (secondary N) is 1. The van der Waals surface area contributed by atoms with E-state index < -0.39 is 0 Å². The summed E-state index contributed by atoms with van der Waals surface area (Å²) in [4.78, 5) is 16.9. The van der Waals surface area contributed by atoms with E-state index in [9.17, 15) is 4.79 Å². The topological polar surface area (TPSA) is 50.2 Å². The normalized spacial score (nSPS) is 10.0. The zero-order chi connectivity index (χ0) is 11.1. The number of aryl methyl sites for hydroxylation is 1. The fourth-order valence-corrected chi connectivity index (χ4v) is 1.15. The van der Waals surface area contributed by atoms with Gasteiger partial charge in [0, 0.05) is 39.1 Å². The van der Waals surface area contributed by atoms with Gasteiger partial charge in [0.25, 0.3) is 0 Å². The monoisotopic (exact) mass is 210 g/mol. The molecule has 0 aliphatic heterocycles. The van der Waals surface area contributed by atoms with Gasteiger partial charge in [-0.1, -0.05) is 0 Å². The molecule has 1 aromatic rings. The van der Waals surface area contributed by atoms with E-state index in [0.717, 1.165) is 19.5 Å². The fourth-order valence-electron chi connectivity index (χ4n) is 1.15. The Morgan fingerprint density at radius 3 is 3.00 bits per heavy atom. The lowest BCUT2D eigenvalue weighted by Crippen LogP contribution is -2.37. The highest BCUT2D eigenvalue weighted by atomic mass is 16.2. The number of hydrogen-bond donors (Lipinski definition) is 1. The summed E-state index contributed by atoms with van der Waals surface area (Å²) in [5, 5.41) is 2.85. The molecule has 0 unspecified atom stereocenters. The summed E-state index contributed by atoms with van der Waals surface area (Å²) in [6, 6.07) is -0.0110. The second-order valence-electron chi connectivity index (χ2n) is 3.40. The maximum absolute atomic E-state index is 11.3. The lowest BCUT2D eigenvalue weighted by Gasteiger charge is -2.15. The minimum atomic E-state index is -0.0110. The predicted octanol–water partition coefficient (Wildman–Crippen LogP) is 0.934. The van der Waals surface area contributed by atoms with Gasteiger partial charge < -0.3 is 14.8 Å². The lowest BCUT2D eigenvalue weighted by molar-refractivity contribution is 0.211. The Bertz CT molecular complexity index is 284. The standard InChI is InChI=1S/C10H18N4O/c1-3-13(2)10(15)12-5-4-7-14-8-6-11-9-14/h6,8-9H,3-5,7H2,1-2H3,(H,12,15). The van der Waals surface area contributed by atoms with Crippen molar-refractivity contribution in [2.75, 3.05) is 20.1 Å². The van der Waals surface area contributed by atoms with Crippen molar-refractivity contribution in [1.29, 1.82) is 0 Å². The Labute approximate surface area is 90.1 Å². The van der Waals surface area contributed by atoms with Crippen molar-refractivity contribution in [2.24, 2.45) is 0 Å². The van der Waals surface area contributed by atoms with Crippen molar-refractivity contribution >= 4 is 6.03 Å². The Morgan fingerprint density at radius 2 is 2.40 bits per heavy atom. The predicted molar refractivity (Wildman–Crippen MR) is 58.5 cm³/mol. The molecule has 84 valence electrons. The van der Waals surface area contributed by atoms with Gasteiger partial charge in [-0.15, -0.1) is 0 Å². The summed E-state index contributed by atoms with van der Waals surface area (Å²) in [6.07, 6.45) is 6.36. The average molecular weight is 210 g/mol. The summed E-state index contributed by atoms with van der Waals surface area (Å²) >= 11 is 0. The minimum absolute atomic E-state index is 0.0110. The number of carbonyl (C=O) groups excluding carboxylic acids is 1. The number of nitrogens with zero attached hydrogens (tertiary/aromatic N) is 3. The molecule has 0 aromatic carbocycles. The molecule has 0 spiro atoms. The van der Waals surface area contributed by atoms with E-state index in [2.05, 4.69) is 10.3 Å². The van der Waals surface area contributed by atoms with E-state index in [4.69, 9.17) is 0 Å². The van der Waals surface area contributed by atoms with Crippen LogP contribution in [0.15, 0.2) is 18.7 Å². The molecule has 5 heteroatoms. The van der Waals surface area contributed by atoms with Crippen LogP contribution in [0.5, 0.6) is 0 Å². The van der Waals surface area contributed by atoms with E-state index in [-0.39, 0.29) is 6.03 Å². The molecule has 5 nitrogen and oxygen atoms in total. The molecule has 0 aliphatic rings. The summed E-state index contributed by atoms with van der Waals surface area (Å²) in [5.41, 5.74) is 0. The molecule has 0 bridgehead atoms. The first-order chi connectivity index (χ1) is 7.24. The summed E-state index contributed by atoms with van der Waals surface area (Å²) < 4.78 is 2.00. The van der Waals surface area contributed by atoms with E-state index in [0.29, 0.717) is 6.54 Å². The molecule has 1 heterocycles. The molecule has 15 heavy (non-hydrogen) atoms. The first kappa shape index (κ1) is 11.6. The molecule has 2 amide bonds. The van der Waals surface area contributed by atoms with Crippen LogP contribution in [0.1, 0.15) is 13.3 Å². The third kappa shape index (κ3) is 4.01. The number of urea groups is 1. The van der Waals surface area contributed by atoms with Crippen LogP contribution in [-0.2, 0) is 6.54 Å². The van der Waals surface area contributed by atoms with Gasteiger partial charge in [0.1, 0.15) is 0 Å². The van der Waals surface area contributed by atoms with Gasteiger partial charge in [0.15, 0.2) is 0 Å². The van der Waals surface area contributed by atoms with E-state index in [1.165, 1.54) is 0 Å². The van der Waals surface area contributed by atoms with Crippen molar-refractivity contribution < 1.29 is 4.79 Å². The SMILES string of the molecule is CCN(C)C(=O)NCCCn1ccnc1. The van der Waals surface area contributed by atoms with E-state index >= 15 is 0 Å². The van der Waals surface area contributed by atoms with Crippen molar-refractivity contribution in [3.05, 3.63) is 18.7 Å². The number of imidazole rings is 1. The molecule has 0 saturated carbocycles. The Kier molecular flexibility index (Phi) is 4.66. The Morgan fingerprint density at radius 1 is 1.60 bits per heavy atom. The Hall–Kier alpha value is -1.52. The molecule has 1 rings (SSSR count). The number of amides is 2. The van der Waals surface area contributed by atoms with E-state index in [1.807, 2.05) is 17.7 Å². The summed E-state index contributed by atoms with van der Waals surface area (Å²) in [7, 11) is 1.78. The zero-order valence-electron chi connectivity index (χ0n) is 9.31. The van der Waals surface area contributed by atoms with Crippen molar-refractivity contribution in [2.45, 2.75) is 19.9 Å². The molecule has 0 aliphatic carbocycles. The smallest absolute Gasteiger partial charge is 0.317 e. The van der Waals surface area contributed by atoms with Crippen LogP contribution in [0.4, 0.5) is 4.79 Å². The second kappa shape index (κ2) is 6.06. The fraction of sp³-hybridized carbons (Fsp3) is 0.600. The molecular weight excluding hydrogens is 192 g/mol. The highest BCUT2D eigenvalue weighted by Crippen LogP contribution is 1.90.